The van der Waals surface area contributed by atoms with Crippen LogP contribution in [0.2, 0.25) is 5.02 Å². The van der Waals surface area contributed by atoms with Gasteiger partial charge in [0.2, 0.25) is 11.9 Å². The molecule has 27 heavy (non-hydrogen) atoms. The molecular formula is C20H22ClN5O. The van der Waals surface area contributed by atoms with E-state index in [1.54, 1.807) is 0 Å². The molecule has 0 atom stereocenters. The van der Waals surface area contributed by atoms with Gasteiger partial charge in [0.1, 0.15) is 0 Å². The van der Waals surface area contributed by atoms with Crippen LogP contribution in [0.5, 0.6) is 0 Å². The fourth-order valence-corrected chi connectivity index (χ4v) is 3.56. The Morgan fingerprint density at radius 1 is 1.07 bits per heavy atom. The molecule has 4 rings (SSSR count). The molecule has 2 heterocycles. The molecule has 0 bridgehead atoms. The maximum absolute atomic E-state index is 12.6. The molecule has 1 saturated heterocycles. The maximum atomic E-state index is 12.6. The molecule has 0 saturated carbocycles. The number of hydrogen-bond acceptors (Lipinski definition) is 4. The molecule has 0 spiro atoms. The van der Waals surface area contributed by atoms with E-state index in [9.17, 15) is 4.79 Å². The molecule has 140 valence electrons. The second-order valence-electron chi connectivity index (χ2n) is 6.63. The summed E-state index contributed by atoms with van der Waals surface area (Å²) < 4.78 is 0. The molecule has 2 N–H and O–H groups in total. The zero-order valence-corrected chi connectivity index (χ0v) is 15.7. The van der Waals surface area contributed by atoms with Crippen molar-refractivity contribution in [2.24, 2.45) is 0 Å². The molecule has 1 aliphatic heterocycles. The van der Waals surface area contributed by atoms with Crippen molar-refractivity contribution in [1.82, 2.24) is 14.9 Å². The minimum absolute atomic E-state index is 0.0846. The van der Waals surface area contributed by atoms with Crippen LogP contribution in [-0.4, -0.2) is 53.5 Å². The van der Waals surface area contributed by atoms with Crippen LogP contribution in [0.15, 0.2) is 48.5 Å². The Morgan fingerprint density at radius 2 is 1.89 bits per heavy atom. The van der Waals surface area contributed by atoms with Crippen molar-refractivity contribution in [2.75, 3.05) is 42.9 Å². The Hall–Kier alpha value is -2.73. The van der Waals surface area contributed by atoms with Gasteiger partial charge in [0, 0.05) is 26.2 Å². The van der Waals surface area contributed by atoms with Gasteiger partial charge >= 0.3 is 0 Å². The predicted molar refractivity (Wildman–Crippen MR) is 109 cm³/mol. The number of imidazole rings is 1. The smallest absolute Gasteiger partial charge is 0.241 e. The zero-order valence-electron chi connectivity index (χ0n) is 15.0. The number of para-hydroxylation sites is 3. The summed E-state index contributed by atoms with van der Waals surface area (Å²) in [5, 5.41) is 3.76. The van der Waals surface area contributed by atoms with Gasteiger partial charge in [-0.15, -0.1) is 0 Å². The first-order valence-corrected chi connectivity index (χ1v) is 9.54. The summed E-state index contributed by atoms with van der Waals surface area (Å²) in [6.07, 6.45) is 0.912. The molecule has 3 aromatic rings. The first-order chi connectivity index (χ1) is 13.2. The number of rotatable bonds is 4. The Balaban J connectivity index is 1.36. The number of aromatic amines is 1. The fourth-order valence-electron chi connectivity index (χ4n) is 3.35. The second kappa shape index (κ2) is 7.88. The van der Waals surface area contributed by atoms with Crippen LogP contribution >= 0.6 is 11.6 Å². The van der Waals surface area contributed by atoms with Crippen molar-refractivity contribution >= 4 is 40.2 Å². The molecule has 1 fully saturated rings. The Bertz CT molecular complexity index is 908. The average Bonchev–Trinajstić information content (AvgIpc) is 2.96. The molecule has 6 nitrogen and oxygen atoms in total. The molecule has 0 unspecified atom stereocenters. The second-order valence-corrected chi connectivity index (χ2v) is 7.04. The van der Waals surface area contributed by atoms with Crippen LogP contribution < -0.4 is 10.2 Å². The third-order valence-electron chi connectivity index (χ3n) is 4.83. The summed E-state index contributed by atoms with van der Waals surface area (Å²) in [6.45, 7) is 3.31. The van der Waals surface area contributed by atoms with Gasteiger partial charge in [0.25, 0.3) is 0 Å². The monoisotopic (exact) mass is 383 g/mol. The van der Waals surface area contributed by atoms with Crippen LogP contribution in [0.4, 0.5) is 11.6 Å². The van der Waals surface area contributed by atoms with E-state index in [1.807, 2.05) is 53.4 Å². The van der Waals surface area contributed by atoms with Crippen molar-refractivity contribution < 1.29 is 4.79 Å². The van der Waals surface area contributed by atoms with Gasteiger partial charge < -0.3 is 20.1 Å². The highest BCUT2D eigenvalue weighted by Gasteiger charge is 2.20. The maximum Gasteiger partial charge on any atom is 0.241 e. The highest BCUT2D eigenvalue weighted by atomic mass is 35.5. The number of nitrogens with one attached hydrogen (secondary N) is 2. The number of benzene rings is 2. The lowest BCUT2D eigenvalue weighted by atomic mass is 10.3. The van der Waals surface area contributed by atoms with E-state index in [0.29, 0.717) is 11.6 Å². The Morgan fingerprint density at radius 3 is 2.74 bits per heavy atom. The molecule has 0 radical (unpaired) electrons. The van der Waals surface area contributed by atoms with Gasteiger partial charge in [-0.05, 0) is 30.7 Å². The van der Waals surface area contributed by atoms with Crippen LogP contribution in [0.3, 0.4) is 0 Å². The third-order valence-corrected chi connectivity index (χ3v) is 5.16. The fraction of sp³-hybridized carbons (Fsp3) is 0.300. The largest absolute Gasteiger partial charge is 0.375 e. The minimum atomic E-state index is 0.0846. The quantitative estimate of drug-likeness (QED) is 0.725. The number of nitrogens with zero attached hydrogens (tertiary/aromatic N) is 3. The van der Waals surface area contributed by atoms with E-state index in [2.05, 4.69) is 20.2 Å². The summed E-state index contributed by atoms with van der Waals surface area (Å²) in [5.74, 6) is 0.959. The molecule has 1 aliphatic rings. The van der Waals surface area contributed by atoms with Gasteiger partial charge in [0.15, 0.2) is 0 Å². The number of anilines is 2. The number of H-pyrrole nitrogens is 1. The Kier molecular flexibility index (Phi) is 5.16. The standard InChI is InChI=1S/C20H22ClN5O/c21-15-6-1-2-7-16(15)22-14-19(27)25-10-5-11-26(13-12-25)20-23-17-8-3-4-9-18(17)24-20/h1-4,6-9,22H,5,10-14H2,(H,23,24). The summed E-state index contributed by atoms with van der Waals surface area (Å²) >= 11 is 6.14. The molecular weight excluding hydrogens is 362 g/mol. The number of aromatic nitrogens is 2. The summed E-state index contributed by atoms with van der Waals surface area (Å²) in [5.41, 5.74) is 2.79. The number of amides is 1. The summed E-state index contributed by atoms with van der Waals surface area (Å²) in [4.78, 5) is 24.8. The minimum Gasteiger partial charge on any atom is -0.375 e. The zero-order chi connectivity index (χ0) is 18.6. The van der Waals surface area contributed by atoms with Crippen molar-refractivity contribution in [3.05, 3.63) is 53.6 Å². The predicted octanol–water partition coefficient (Wildman–Crippen LogP) is 3.37. The lowest BCUT2D eigenvalue weighted by Crippen LogP contribution is -2.38. The van der Waals surface area contributed by atoms with Crippen molar-refractivity contribution in [2.45, 2.75) is 6.42 Å². The number of hydrogen-bond donors (Lipinski definition) is 2. The summed E-state index contributed by atoms with van der Waals surface area (Å²) in [6, 6.07) is 15.5. The van der Waals surface area contributed by atoms with E-state index in [4.69, 9.17) is 11.6 Å². The number of carbonyl (C=O) groups excluding carboxylic acids is 1. The van der Waals surface area contributed by atoms with Crippen LogP contribution in [-0.2, 0) is 4.79 Å². The van der Waals surface area contributed by atoms with Crippen LogP contribution in [0.1, 0.15) is 6.42 Å². The van der Waals surface area contributed by atoms with Crippen LogP contribution in [0, 0.1) is 0 Å². The van der Waals surface area contributed by atoms with E-state index in [1.165, 1.54) is 0 Å². The SMILES string of the molecule is O=C(CNc1ccccc1Cl)N1CCCN(c2nc3ccccc3[nH]2)CC1. The van der Waals surface area contributed by atoms with Gasteiger partial charge in [-0.1, -0.05) is 35.9 Å². The molecule has 0 aliphatic carbocycles. The van der Waals surface area contributed by atoms with Gasteiger partial charge in [0.05, 0.1) is 28.3 Å². The lowest BCUT2D eigenvalue weighted by Gasteiger charge is -2.22. The highest BCUT2D eigenvalue weighted by Crippen LogP contribution is 2.21. The van der Waals surface area contributed by atoms with Crippen LogP contribution in [0.25, 0.3) is 11.0 Å². The summed E-state index contributed by atoms with van der Waals surface area (Å²) in [7, 11) is 0. The Labute approximate surface area is 163 Å². The van der Waals surface area contributed by atoms with Gasteiger partial charge in [-0.3, -0.25) is 4.79 Å². The third kappa shape index (κ3) is 4.01. The van der Waals surface area contributed by atoms with E-state index >= 15 is 0 Å². The van der Waals surface area contributed by atoms with E-state index in [-0.39, 0.29) is 12.5 Å². The van der Waals surface area contributed by atoms with Gasteiger partial charge in [-0.2, -0.15) is 0 Å². The highest BCUT2D eigenvalue weighted by molar-refractivity contribution is 6.33. The number of carbonyl (C=O) groups is 1. The first kappa shape index (κ1) is 17.7. The molecule has 7 heteroatoms. The van der Waals surface area contributed by atoms with E-state index in [0.717, 1.165) is 48.7 Å². The average molecular weight is 384 g/mol. The topological polar surface area (TPSA) is 64.3 Å². The number of halogens is 1. The van der Waals surface area contributed by atoms with Crippen molar-refractivity contribution in [3.63, 3.8) is 0 Å². The molecule has 1 amide bonds. The van der Waals surface area contributed by atoms with Crippen molar-refractivity contribution in [1.29, 1.82) is 0 Å². The normalized spacial score (nSPS) is 15.0. The molecule has 1 aromatic heterocycles. The molecule has 2 aromatic carbocycles. The first-order valence-electron chi connectivity index (χ1n) is 9.16. The van der Waals surface area contributed by atoms with E-state index < -0.39 is 0 Å². The van der Waals surface area contributed by atoms with Crippen molar-refractivity contribution in [3.8, 4) is 0 Å². The number of fused-ring (bicyclic) bond motifs is 1. The lowest BCUT2D eigenvalue weighted by molar-refractivity contribution is -0.129. The van der Waals surface area contributed by atoms with Gasteiger partial charge in [-0.25, -0.2) is 4.98 Å².